The Labute approximate surface area is 141 Å². The van der Waals surface area contributed by atoms with Crippen molar-refractivity contribution in [2.24, 2.45) is 0 Å². The molecule has 0 aliphatic heterocycles. The van der Waals surface area contributed by atoms with Crippen molar-refractivity contribution >= 4 is 5.78 Å². The average Bonchev–Trinajstić information content (AvgIpc) is 3.06. The molecule has 2 heterocycles. The third-order valence-electron chi connectivity index (χ3n) is 3.83. The Hall–Kier alpha value is -2.95. The van der Waals surface area contributed by atoms with E-state index >= 15 is 0 Å². The van der Waals surface area contributed by atoms with Crippen LogP contribution in [0.5, 0.6) is 5.75 Å². The van der Waals surface area contributed by atoms with E-state index in [1.54, 1.807) is 36.9 Å². The third kappa shape index (κ3) is 3.35. The minimum Gasteiger partial charge on any atom is -0.491 e. The number of hydrogen-bond acceptors (Lipinski definition) is 4. The lowest BCUT2D eigenvalue weighted by atomic mass is 10.1. The minimum absolute atomic E-state index is 0.139. The van der Waals surface area contributed by atoms with Crippen molar-refractivity contribution in [3.8, 4) is 5.75 Å². The predicted molar refractivity (Wildman–Crippen MR) is 91.3 cm³/mol. The number of aryl methyl sites for hydroxylation is 2. The molecule has 1 aromatic carbocycles. The van der Waals surface area contributed by atoms with Crippen LogP contribution in [0.1, 0.15) is 27.3 Å². The quantitative estimate of drug-likeness (QED) is 0.654. The van der Waals surface area contributed by atoms with Crippen molar-refractivity contribution in [3.05, 3.63) is 77.6 Å². The van der Waals surface area contributed by atoms with Crippen LogP contribution >= 0.6 is 0 Å². The largest absolute Gasteiger partial charge is 0.491 e. The molecule has 0 amide bonds. The molecule has 0 saturated carbocycles. The van der Waals surface area contributed by atoms with Gasteiger partial charge in [0.2, 0.25) is 5.78 Å². The Bertz CT molecular complexity index is 821. The zero-order chi connectivity index (χ0) is 16.9. The second-order valence-corrected chi connectivity index (χ2v) is 5.58. The van der Waals surface area contributed by atoms with Gasteiger partial charge >= 0.3 is 0 Å². The van der Waals surface area contributed by atoms with Crippen LogP contribution in [-0.2, 0) is 6.54 Å². The molecule has 5 heteroatoms. The highest BCUT2D eigenvalue weighted by Gasteiger charge is 2.15. The van der Waals surface area contributed by atoms with Crippen molar-refractivity contribution in [1.29, 1.82) is 0 Å². The van der Waals surface area contributed by atoms with E-state index in [-0.39, 0.29) is 5.78 Å². The van der Waals surface area contributed by atoms with Gasteiger partial charge in [0.1, 0.15) is 12.4 Å². The summed E-state index contributed by atoms with van der Waals surface area (Å²) in [5.41, 5.74) is 2.74. The molecule has 0 spiro atoms. The van der Waals surface area contributed by atoms with Gasteiger partial charge in [-0.25, -0.2) is 4.98 Å². The first-order chi connectivity index (χ1) is 11.7. The van der Waals surface area contributed by atoms with E-state index in [0.29, 0.717) is 24.5 Å². The van der Waals surface area contributed by atoms with Gasteiger partial charge in [-0.3, -0.25) is 9.78 Å². The molecule has 0 radical (unpaired) electrons. The summed E-state index contributed by atoms with van der Waals surface area (Å²) < 4.78 is 7.72. The first-order valence-electron chi connectivity index (χ1n) is 7.81. The highest BCUT2D eigenvalue weighted by Crippen LogP contribution is 2.22. The van der Waals surface area contributed by atoms with Gasteiger partial charge in [0, 0.05) is 30.4 Å². The van der Waals surface area contributed by atoms with Gasteiger partial charge in [-0.15, -0.1) is 0 Å². The van der Waals surface area contributed by atoms with Crippen molar-refractivity contribution in [3.63, 3.8) is 0 Å². The fourth-order valence-electron chi connectivity index (χ4n) is 2.60. The molecule has 0 unspecified atom stereocenters. The zero-order valence-corrected chi connectivity index (χ0v) is 13.8. The van der Waals surface area contributed by atoms with E-state index in [4.69, 9.17) is 4.74 Å². The number of para-hydroxylation sites is 1. The average molecular weight is 321 g/mol. The predicted octanol–water partition coefficient (Wildman–Crippen LogP) is 3.20. The number of carbonyl (C=O) groups excluding carboxylic acids is 1. The molecule has 0 atom stereocenters. The van der Waals surface area contributed by atoms with Crippen LogP contribution in [0.2, 0.25) is 0 Å². The summed E-state index contributed by atoms with van der Waals surface area (Å²) in [5, 5.41) is 0. The zero-order valence-electron chi connectivity index (χ0n) is 13.8. The lowest BCUT2D eigenvalue weighted by Crippen LogP contribution is -2.15. The van der Waals surface area contributed by atoms with Gasteiger partial charge in [-0.05, 0) is 37.1 Å². The standard InChI is InChI=1S/C19H19N3O2/c1-14-5-3-6-15(2)18(14)24-12-11-22-10-9-21-19(22)17(23)16-7-4-8-20-13-16/h3-10,13H,11-12H2,1-2H3. The highest BCUT2D eigenvalue weighted by atomic mass is 16.5. The summed E-state index contributed by atoms with van der Waals surface area (Å²) in [5.74, 6) is 1.16. The first-order valence-corrected chi connectivity index (χ1v) is 7.81. The summed E-state index contributed by atoms with van der Waals surface area (Å²) in [6.45, 7) is 5.07. The van der Waals surface area contributed by atoms with E-state index in [0.717, 1.165) is 16.9 Å². The molecule has 0 fully saturated rings. The molecule has 3 rings (SSSR count). The summed E-state index contributed by atoms with van der Waals surface area (Å²) in [4.78, 5) is 20.7. The number of imidazole rings is 1. The third-order valence-corrected chi connectivity index (χ3v) is 3.83. The number of rotatable bonds is 6. The van der Waals surface area contributed by atoms with Gasteiger partial charge in [0.15, 0.2) is 5.82 Å². The van der Waals surface area contributed by atoms with Crippen LogP contribution in [0.4, 0.5) is 0 Å². The number of carbonyl (C=O) groups is 1. The molecule has 0 aliphatic rings. The lowest BCUT2D eigenvalue weighted by Gasteiger charge is -2.13. The highest BCUT2D eigenvalue weighted by molar-refractivity contribution is 6.06. The Morgan fingerprint density at radius 1 is 1.12 bits per heavy atom. The molecule has 2 aromatic heterocycles. The number of aromatic nitrogens is 3. The maximum atomic E-state index is 12.5. The van der Waals surface area contributed by atoms with Gasteiger partial charge in [0.05, 0.1) is 6.54 Å². The van der Waals surface area contributed by atoms with Crippen LogP contribution < -0.4 is 4.74 Å². The molecule has 0 bridgehead atoms. The van der Waals surface area contributed by atoms with E-state index in [2.05, 4.69) is 9.97 Å². The van der Waals surface area contributed by atoms with Crippen LogP contribution in [0.15, 0.2) is 55.1 Å². The number of pyridine rings is 1. The summed E-state index contributed by atoms with van der Waals surface area (Å²) >= 11 is 0. The Balaban J connectivity index is 1.69. The fraction of sp³-hybridized carbons (Fsp3) is 0.211. The number of nitrogens with zero attached hydrogens (tertiary/aromatic N) is 3. The van der Waals surface area contributed by atoms with Crippen molar-refractivity contribution in [2.75, 3.05) is 6.61 Å². The fourth-order valence-corrected chi connectivity index (χ4v) is 2.60. The summed E-state index contributed by atoms with van der Waals surface area (Å²) in [6.07, 6.45) is 6.61. The second kappa shape index (κ2) is 7.08. The van der Waals surface area contributed by atoms with Gasteiger partial charge < -0.3 is 9.30 Å². The molecule has 122 valence electrons. The Morgan fingerprint density at radius 2 is 1.92 bits per heavy atom. The van der Waals surface area contributed by atoms with Crippen LogP contribution in [-0.4, -0.2) is 26.9 Å². The number of hydrogen-bond donors (Lipinski definition) is 0. The monoisotopic (exact) mass is 321 g/mol. The molecule has 0 aliphatic carbocycles. The van der Waals surface area contributed by atoms with E-state index in [9.17, 15) is 4.79 Å². The summed E-state index contributed by atoms with van der Waals surface area (Å²) in [6, 6.07) is 9.54. The van der Waals surface area contributed by atoms with Gasteiger partial charge in [-0.1, -0.05) is 18.2 Å². The molecular formula is C19H19N3O2. The topological polar surface area (TPSA) is 57.0 Å². The minimum atomic E-state index is -0.139. The Morgan fingerprint density at radius 3 is 2.62 bits per heavy atom. The maximum absolute atomic E-state index is 12.5. The normalized spacial score (nSPS) is 10.6. The second-order valence-electron chi connectivity index (χ2n) is 5.58. The smallest absolute Gasteiger partial charge is 0.229 e. The van der Waals surface area contributed by atoms with Crippen LogP contribution in [0.3, 0.4) is 0 Å². The van der Waals surface area contributed by atoms with E-state index < -0.39 is 0 Å². The number of ether oxygens (including phenoxy) is 1. The molecule has 3 aromatic rings. The Kier molecular flexibility index (Phi) is 4.70. The van der Waals surface area contributed by atoms with Crippen molar-refractivity contribution < 1.29 is 9.53 Å². The van der Waals surface area contributed by atoms with Crippen LogP contribution in [0.25, 0.3) is 0 Å². The van der Waals surface area contributed by atoms with E-state index in [1.165, 1.54) is 0 Å². The van der Waals surface area contributed by atoms with Crippen molar-refractivity contribution in [2.45, 2.75) is 20.4 Å². The van der Waals surface area contributed by atoms with Crippen molar-refractivity contribution in [1.82, 2.24) is 14.5 Å². The molecule has 5 nitrogen and oxygen atoms in total. The molecule has 24 heavy (non-hydrogen) atoms. The SMILES string of the molecule is Cc1cccc(C)c1OCCn1ccnc1C(=O)c1cccnc1. The molecular weight excluding hydrogens is 302 g/mol. The molecule has 0 N–H and O–H groups in total. The van der Waals surface area contributed by atoms with E-state index in [1.807, 2.05) is 36.6 Å². The first kappa shape index (κ1) is 15.9. The lowest BCUT2D eigenvalue weighted by molar-refractivity contribution is 0.102. The van der Waals surface area contributed by atoms with Crippen LogP contribution in [0, 0.1) is 13.8 Å². The summed E-state index contributed by atoms with van der Waals surface area (Å²) in [7, 11) is 0. The van der Waals surface area contributed by atoms with Gasteiger partial charge in [-0.2, -0.15) is 0 Å². The van der Waals surface area contributed by atoms with Gasteiger partial charge in [0.25, 0.3) is 0 Å². The maximum Gasteiger partial charge on any atom is 0.229 e. The number of benzene rings is 1. The molecule has 0 saturated heterocycles. The number of ketones is 1.